The number of aromatic amines is 1. The number of halogens is 2. The molecule has 4 nitrogen and oxygen atoms in total. The minimum absolute atomic E-state index is 0.136. The Hall–Kier alpha value is -2.21. The van der Waals surface area contributed by atoms with Gasteiger partial charge in [-0.2, -0.15) is 0 Å². The van der Waals surface area contributed by atoms with E-state index in [9.17, 15) is 8.78 Å². The van der Waals surface area contributed by atoms with Gasteiger partial charge < -0.3 is 14.9 Å². The van der Waals surface area contributed by atoms with Crippen molar-refractivity contribution in [2.45, 2.75) is 12.5 Å². The first kappa shape index (κ1) is 12.5. The van der Waals surface area contributed by atoms with Gasteiger partial charge in [0.2, 0.25) is 0 Å². The summed E-state index contributed by atoms with van der Waals surface area (Å²) in [5.41, 5.74) is 2.20. The maximum atomic E-state index is 14.0. The minimum Gasteiger partial charge on any atom is -0.354 e. The number of nitrogens with zero attached hydrogens (tertiary/aromatic N) is 2. The largest absolute Gasteiger partial charge is 0.354 e. The molecule has 1 aromatic carbocycles. The highest BCUT2D eigenvalue weighted by molar-refractivity contribution is 5.86. The molecule has 0 aliphatic carbocycles. The Kier molecular flexibility index (Phi) is 2.62. The van der Waals surface area contributed by atoms with Gasteiger partial charge in [0.05, 0.1) is 5.52 Å². The lowest BCUT2D eigenvalue weighted by atomic mass is 9.98. The number of fused-ring (bicyclic) bond motifs is 3. The van der Waals surface area contributed by atoms with Crippen LogP contribution in [0.4, 0.5) is 8.78 Å². The smallest absolute Gasteiger partial charge is 0.150 e. The van der Waals surface area contributed by atoms with Gasteiger partial charge in [-0.05, 0) is 18.1 Å². The molecular weight excluding hydrogens is 274 g/mol. The van der Waals surface area contributed by atoms with E-state index < -0.39 is 11.6 Å². The molecule has 0 saturated carbocycles. The Bertz CT molecular complexity index is 834. The topological polar surface area (TPSA) is 45.6 Å². The predicted octanol–water partition coefficient (Wildman–Crippen LogP) is 2.41. The van der Waals surface area contributed by atoms with Gasteiger partial charge in [0, 0.05) is 43.1 Å². The molecule has 3 heterocycles. The first-order chi connectivity index (χ1) is 10.1. The monoisotopic (exact) mass is 288 g/mol. The molecule has 21 heavy (non-hydrogen) atoms. The molecule has 108 valence electrons. The van der Waals surface area contributed by atoms with Crippen molar-refractivity contribution in [1.29, 1.82) is 0 Å². The number of benzene rings is 1. The van der Waals surface area contributed by atoms with Crippen LogP contribution in [0.3, 0.4) is 0 Å². The molecule has 1 aliphatic rings. The van der Waals surface area contributed by atoms with Gasteiger partial charge in [0.15, 0.2) is 0 Å². The van der Waals surface area contributed by atoms with Crippen molar-refractivity contribution in [2.24, 2.45) is 7.05 Å². The Balaban J connectivity index is 1.96. The minimum atomic E-state index is -0.557. The molecule has 0 spiro atoms. The van der Waals surface area contributed by atoms with E-state index in [-0.39, 0.29) is 6.04 Å². The number of aromatic nitrogens is 3. The molecule has 0 fully saturated rings. The number of aryl methyl sites for hydroxylation is 1. The second-order valence-corrected chi connectivity index (χ2v) is 5.36. The van der Waals surface area contributed by atoms with E-state index in [2.05, 4.69) is 15.3 Å². The standard InChI is InChI=1S/C15H14F2N4/c1-21-5-4-19-15(21)14-13-9(2-3-18-14)10-6-8(16)7-11(17)12(10)20-13/h4-7,14,18,20H,2-3H2,1H3. The van der Waals surface area contributed by atoms with E-state index in [1.54, 1.807) is 6.20 Å². The maximum Gasteiger partial charge on any atom is 0.150 e. The van der Waals surface area contributed by atoms with Gasteiger partial charge in [0.25, 0.3) is 0 Å². The van der Waals surface area contributed by atoms with Crippen molar-refractivity contribution in [1.82, 2.24) is 19.9 Å². The van der Waals surface area contributed by atoms with Crippen molar-refractivity contribution in [3.8, 4) is 0 Å². The normalized spacial score (nSPS) is 18.1. The molecule has 2 N–H and O–H groups in total. The molecule has 0 bridgehead atoms. The van der Waals surface area contributed by atoms with E-state index >= 15 is 0 Å². The highest BCUT2D eigenvalue weighted by Crippen LogP contribution is 2.34. The third-order valence-electron chi connectivity index (χ3n) is 4.09. The molecule has 2 aromatic heterocycles. The van der Waals surface area contributed by atoms with E-state index in [0.29, 0.717) is 10.9 Å². The zero-order valence-electron chi connectivity index (χ0n) is 11.5. The molecule has 1 aliphatic heterocycles. The summed E-state index contributed by atoms with van der Waals surface area (Å²) >= 11 is 0. The van der Waals surface area contributed by atoms with Gasteiger partial charge >= 0.3 is 0 Å². The highest BCUT2D eigenvalue weighted by Gasteiger charge is 2.28. The van der Waals surface area contributed by atoms with Crippen molar-refractivity contribution >= 4 is 10.9 Å². The Morgan fingerprint density at radius 3 is 2.95 bits per heavy atom. The van der Waals surface area contributed by atoms with Gasteiger partial charge in [-0.25, -0.2) is 13.8 Å². The van der Waals surface area contributed by atoms with E-state index in [1.807, 2.05) is 17.8 Å². The second-order valence-electron chi connectivity index (χ2n) is 5.36. The van der Waals surface area contributed by atoms with Crippen LogP contribution in [0.1, 0.15) is 23.1 Å². The third-order valence-corrected chi connectivity index (χ3v) is 4.09. The lowest BCUT2D eigenvalue weighted by Gasteiger charge is -2.24. The summed E-state index contributed by atoms with van der Waals surface area (Å²) in [6, 6.07) is 2.17. The molecule has 1 unspecified atom stereocenters. The average Bonchev–Trinajstić information content (AvgIpc) is 3.03. The van der Waals surface area contributed by atoms with Crippen LogP contribution in [0.25, 0.3) is 10.9 Å². The predicted molar refractivity (Wildman–Crippen MR) is 75.0 cm³/mol. The number of imidazole rings is 1. The summed E-state index contributed by atoms with van der Waals surface area (Å²) in [6.45, 7) is 0.746. The molecule has 4 rings (SSSR count). The molecule has 3 aromatic rings. The van der Waals surface area contributed by atoms with Crippen LogP contribution in [0.2, 0.25) is 0 Å². The fourth-order valence-corrected chi connectivity index (χ4v) is 3.13. The van der Waals surface area contributed by atoms with Crippen molar-refractivity contribution in [2.75, 3.05) is 6.54 Å². The number of nitrogens with one attached hydrogen (secondary N) is 2. The van der Waals surface area contributed by atoms with Crippen LogP contribution in [0.5, 0.6) is 0 Å². The Labute approximate surface area is 119 Å². The summed E-state index contributed by atoms with van der Waals surface area (Å²) in [5.74, 6) is -0.254. The van der Waals surface area contributed by atoms with Crippen molar-refractivity contribution in [3.63, 3.8) is 0 Å². The van der Waals surface area contributed by atoms with Crippen LogP contribution >= 0.6 is 0 Å². The summed E-state index contributed by atoms with van der Waals surface area (Å²) in [5, 5.41) is 4.01. The van der Waals surface area contributed by atoms with Crippen LogP contribution in [0.15, 0.2) is 24.5 Å². The van der Waals surface area contributed by atoms with Crippen LogP contribution in [0, 0.1) is 11.6 Å². The quantitative estimate of drug-likeness (QED) is 0.722. The first-order valence-electron chi connectivity index (χ1n) is 6.85. The van der Waals surface area contributed by atoms with Crippen LogP contribution in [-0.4, -0.2) is 21.1 Å². The molecule has 0 saturated heterocycles. The molecule has 0 amide bonds. The number of rotatable bonds is 1. The average molecular weight is 288 g/mol. The van der Waals surface area contributed by atoms with Gasteiger partial charge in [-0.3, -0.25) is 0 Å². The second kappa shape index (κ2) is 4.39. The first-order valence-corrected chi connectivity index (χ1v) is 6.85. The number of H-pyrrole nitrogens is 1. The summed E-state index contributed by atoms with van der Waals surface area (Å²) < 4.78 is 29.4. The SMILES string of the molecule is Cn1ccnc1C1NCCc2c1[nH]c1c(F)cc(F)cc21. The Morgan fingerprint density at radius 2 is 2.19 bits per heavy atom. The fraction of sp³-hybridized carbons (Fsp3) is 0.267. The van der Waals surface area contributed by atoms with Gasteiger partial charge in [0.1, 0.15) is 23.5 Å². The zero-order valence-corrected chi connectivity index (χ0v) is 11.5. The van der Waals surface area contributed by atoms with Gasteiger partial charge in [-0.1, -0.05) is 0 Å². The van der Waals surface area contributed by atoms with E-state index in [0.717, 1.165) is 36.1 Å². The highest BCUT2D eigenvalue weighted by atomic mass is 19.1. The summed E-state index contributed by atoms with van der Waals surface area (Å²) in [6.07, 6.45) is 4.33. The molecular formula is C15H14F2N4. The Morgan fingerprint density at radius 1 is 1.33 bits per heavy atom. The summed E-state index contributed by atoms with van der Waals surface area (Å²) in [7, 11) is 1.92. The number of hydrogen-bond acceptors (Lipinski definition) is 2. The molecule has 1 atom stereocenters. The van der Waals surface area contributed by atoms with Crippen LogP contribution in [-0.2, 0) is 13.5 Å². The van der Waals surface area contributed by atoms with E-state index in [4.69, 9.17) is 0 Å². The third kappa shape index (κ3) is 1.79. The lowest BCUT2D eigenvalue weighted by molar-refractivity contribution is 0.522. The molecule has 6 heteroatoms. The van der Waals surface area contributed by atoms with Crippen molar-refractivity contribution in [3.05, 3.63) is 53.2 Å². The number of hydrogen-bond donors (Lipinski definition) is 2. The zero-order chi connectivity index (χ0) is 14.6. The van der Waals surface area contributed by atoms with Gasteiger partial charge in [-0.15, -0.1) is 0 Å². The molecule has 0 radical (unpaired) electrons. The summed E-state index contributed by atoms with van der Waals surface area (Å²) in [4.78, 5) is 7.48. The van der Waals surface area contributed by atoms with Crippen LogP contribution < -0.4 is 5.32 Å². The maximum absolute atomic E-state index is 14.0. The fourth-order valence-electron chi connectivity index (χ4n) is 3.13. The lowest BCUT2D eigenvalue weighted by Crippen LogP contribution is -2.32. The van der Waals surface area contributed by atoms with Crippen molar-refractivity contribution < 1.29 is 8.78 Å². The van der Waals surface area contributed by atoms with E-state index in [1.165, 1.54) is 6.07 Å².